The molecule has 5 rings (SSSR count). The number of benzene rings is 2. The van der Waals surface area contributed by atoms with Crippen LogP contribution in [0.4, 0.5) is 5.69 Å². The van der Waals surface area contributed by atoms with Crippen molar-refractivity contribution < 1.29 is 27.6 Å². The van der Waals surface area contributed by atoms with Crippen LogP contribution in [0.1, 0.15) is 22.0 Å². The SMILES string of the molecule is COc1ccc([C@@H](CNC(=O)c2ccc3c(c2)SC2=NS(=O)(=O)CCN23)[NH+]2CCOCC2)cc1. The van der Waals surface area contributed by atoms with E-state index in [9.17, 15) is 13.2 Å². The van der Waals surface area contributed by atoms with Crippen LogP contribution >= 0.6 is 11.8 Å². The fourth-order valence-electron chi connectivity index (χ4n) is 4.48. The number of rotatable bonds is 6. The number of fused-ring (bicyclic) bond motifs is 3. The van der Waals surface area contributed by atoms with E-state index in [-0.39, 0.29) is 17.7 Å². The van der Waals surface area contributed by atoms with E-state index in [1.807, 2.05) is 29.2 Å². The minimum Gasteiger partial charge on any atom is -0.497 e. The summed E-state index contributed by atoms with van der Waals surface area (Å²) in [5, 5.41) is 3.56. The molecule has 1 atom stereocenters. The average Bonchev–Trinajstić information content (AvgIpc) is 3.20. The number of methoxy groups -OCH3 is 1. The second-order valence-electron chi connectivity index (χ2n) is 8.40. The van der Waals surface area contributed by atoms with E-state index in [0.29, 0.717) is 37.0 Å². The number of amides is 1. The van der Waals surface area contributed by atoms with Gasteiger partial charge in [0.1, 0.15) is 24.9 Å². The molecule has 1 amide bonds. The average molecular weight is 504 g/mol. The molecule has 0 spiro atoms. The van der Waals surface area contributed by atoms with Crippen LogP contribution in [0.5, 0.6) is 5.75 Å². The van der Waals surface area contributed by atoms with Gasteiger partial charge in [-0.1, -0.05) is 0 Å². The zero-order valence-corrected chi connectivity index (χ0v) is 20.5. The van der Waals surface area contributed by atoms with Crippen LogP contribution in [0.25, 0.3) is 0 Å². The van der Waals surface area contributed by atoms with Crippen LogP contribution < -0.4 is 19.9 Å². The van der Waals surface area contributed by atoms with Gasteiger partial charge < -0.3 is 24.6 Å². The minimum absolute atomic E-state index is 0.00460. The van der Waals surface area contributed by atoms with Crippen molar-refractivity contribution in [3.63, 3.8) is 0 Å². The summed E-state index contributed by atoms with van der Waals surface area (Å²) < 4.78 is 38.4. The van der Waals surface area contributed by atoms with Crippen LogP contribution in [0, 0.1) is 0 Å². The number of sulfonamides is 1. The fraction of sp³-hybridized carbons (Fsp3) is 0.391. The van der Waals surface area contributed by atoms with Crippen LogP contribution in [0.2, 0.25) is 0 Å². The van der Waals surface area contributed by atoms with E-state index >= 15 is 0 Å². The molecule has 3 heterocycles. The van der Waals surface area contributed by atoms with Crippen LogP contribution in [0.15, 0.2) is 51.8 Å². The highest BCUT2D eigenvalue weighted by Crippen LogP contribution is 2.42. The molecule has 0 unspecified atom stereocenters. The quantitative estimate of drug-likeness (QED) is 0.598. The lowest BCUT2D eigenvalue weighted by Gasteiger charge is -2.32. The van der Waals surface area contributed by atoms with Gasteiger partial charge in [0.15, 0.2) is 5.17 Å². The Morgan fingerprint density at radius 2 is 2.00 bits per heavy atom. The highest BCUT2D eigenvalue weighted by atomic mass is 32.2. The monoisotopic (exact) mass is 503 g/mol. The lowest BCUT2D eigenvalue weighted by molar-refractivity contribution is -0.937. The predicted molar refractivity (Wildman–Crippen MR) is 130 cm³/mol. The molecule has 34 heavy (non-hydrogen) atoms. The van der Waals surface area contributed by atoms with Crippen molar-refractivity contribution in [3.05, 3.63) is 53.6 Å². The van der Waals surface area contributed by atoms with Gasteiger partial charge in [-0.2, -0.15) is 0 Å². The maximum absolute atomic E-state index is 13.1. The summed E-state index contributed by atoms with van der Waals surface area (Å²) in [4.78, 5) is 17.2. The number of thioether (sulfide) groups is 1. The first kappa shape index (κ1) is 23.2. The highest BCUT2D eigenvalue weighted by molar-refractivity contribution is 8.15. The lowest BCUT2D eigenvalue weighted by Crippen LogP contribution is -3.15. The summed E-state index contributed by atoms with van der Waals surface area (Å²) in [6, 6.07) is 13.5. The molecule has 2 N–H and O–H groups in total. The maximum atomic E-state index is 13.1. The number of nitrogens with one attached hydrogen (secondary N) is 2. The lowest BCUT2D eigenvalue weighted by atomic mass is 10.0. The van der Waals surface area contributed by atoms with Crippen molar-refractivity contribution in [3.8, 4) is 5.75 Å². The summed E-state index contributed by atoms with van der Waals surface area (Å²) >= 11 is 1.29. The van der Waals surface area contributed by atoms with Gasteiger partial charge in [-0.3, -0.25) is 4.79 Å². The normalized spacial score (nSPS) is 20.1. The van der Waals surface area contributed by atoms with Crippen LogP contribution in [-0.4, -0.2) is 71.7 Å². The number of quaternary nitrogens is 1. The Bertz CT molecular complexity index is 1210. The third-order valence-electron chi connectivity index (χ3n) is 6.35. The second-order valence-corrected chi connectivity index (χ2v) is 11.2. The molecule has 0 aromatic heterocycles. The van der Waals surface area contributed by atoms with Gasteiger partial charge in [0.25, 0.3) is 15.9 Å². The van der Waals surface area contributed by atoms with Crippen molar-refractivity contribution in [2.24, 2.45) is 4.40 Å². The Morgan fingerprint density at radius 1 is 1.24 bits per heavy atom. The molecule has 180 valence electrons. The second kappa shape index (κ2) is 9.57. The molecule has 0 bridgehead atoms. The molecule has 11 heteroatoms. The van der Waals surface area contributed by atoms with Gasteiger partial charge in [-0.25, -0.2) is 8.42 Å². The number of hydrogen-bond acceptors (Lipinski definition) is 7. The van der Waals surface area contributed by atoms with E-state index in [0.717, 1.165) is 35.0 Å². The molecule has 0 radical (unpaired) electrons. The molecule has 9 nitrogen and oxygen atoms in total. The van der Waals surface area contributed by atoms with E-state index in [1.165, 1.54) is 16.7 Å². The first-order valence-corrected chi connectivity index (χ1v) is 13.6. The van der Waals surface area contributed by atoms with Gasteiger partial charge in [-0.05, 0) is 54.2 Å². The van der Waals surface area contributed by atoms with E-state index < -0.39 is 10.0 Å². The molecule has 0 aliphatic carbocycles. The zero-order valence-electron chi connectivity index (χ0n) is 18.8. The number of ether oxygens (including phenoxy) is 2. The van der Waals surface area contributed by atoms with Crippen LogP contribution in [-0.2, 0) is 14.8 Å². The fourth-order valence-corrected chi connectivity index (χ4v) is 6.78. The van der Waals surface area contributed by atoms with Gasteiger partial charge in [0.2, 0.25) is 0 Å². The van der Waals surface area contributed by atoms with Gasteiger partial charge in [-0.15, -0.1) is 4.40 Å². The molecule has 2 aromatic carbocycles. The Labute approximate surface area is 203 Å². The molecule has 1 saturated heterocycles. The van der Waals surface area contributed by atoms with Gasteiger partial charge in [0.05, 0.1) is 38.3 Å². The molecule has 0 saturated carbocycles. The number of hydrogen-bond donors (Lipinski definition) is 2. The number of carbonyl (C=O) groups is 1. The van der Waals surface area contributed by atoms with Gasteiger partial charge in [0, 0.05) is 22.6 Å². The molecule has 3 aliphatic rings. The first-order chi connectivity index (χ1) is 16.4. The molecule has 1 fully saturated rings. The van der Waals surface area contributed by atoms with Gasteiger partial charge >= 0.3 is 0 Å². The highest BCUT2D eigenvalue weighted by Gasteiger charge is 2.33. The standard InChI is InChI=1S/C23H26N4O5S2/c1-31-18-5-2-16(3-6-18)20(26-8-11-32-12-9-26)15-24-22(28)17-4-7-19-21(14-17)33-23-25-34(29,30)13-10-27(19)23/h2-7,14,20H,8-13,15H2,1H3,(H,24,28)/p+1/t20-/m1/s1. The third-order valence-corrected chi connectivity index (χ3v) is 8.65. The zero-order chi connectivity index (χ0) is 23.7. The number of anilines is 1. The van der Waals surface area contributed by atoms with E-state index in [2.05, 4.69) is 21.8 Å². The predicted octanol–water partition coefficient (Wildman–Crippen LogP) is 0.693. The number of amidine groups is 1. The Hall–Kier alpha value is -2.60. The Morgan fingerprint density at radius 3 is 2.74 bits per heavy atom. The Balaban J connectivity index is 1.31. The third kappa shape index (κ3) is 4.78. The summed E-state index contributed by atoms with van der Waals surface area (Å²) in [7, 11) is -1.77. The summed E-state index contributed by atoms with van der Waals surface area (Å²) in [6.45, 7) is 4.02. The summed E-state index contributed by atoms with van der Waals surface area (Å²) in [6.07, 6.45) is 0. The molecule has 2 aromatic rings. The van der Waals surface area contributed by atoms with E-state index in [1.54, 1.807) is 13.2 Å². The molecular formula is C23H27N4O5S2+. The van der Waals surface area contributed by atoms with Crippen molar-refractivity contribution >= 4 is 38.5 Å². The van der Waals surface area contributed by atoms with Crippen molar-refractivity contribution in [1.82, 2.24) is 5.32 Å². The van der Waals surface area contributed by atoms with Crippen molar-refractivity contribution in [2.75, 3.05) is 57.2 Å². The summed E-state index contributed by atoms with van der Waals surface area (Å²) in [5.41, 5.74) is 2.57. The largest absolute Gasteiger partial charge is 0.497 e. The molecular weight excluding hydrogens is 476 g/mol. The van der Waals surface area contributed by atoms with Crippen molar-refractivity contribution in [2.45, 2.75) is 10.9 Å². The van der Waals surface area contributed by atoms with Crippen LogP contribution in [0.3, 0.4) is 0 Å². The number of carbonyl (C=O) groups excluding carboxylic acids is 1. The van der Waals surface area contributed by atoms with Crippen molar-refractivity contribution in [1.29, 1.82) is 0 Å². The number of morpholine rings is 1. The summed E-state index contributed by atoms with van der Waals surface area (Å²) in [5.74, 6) is 0.636. The molecule has 3 aliphatic heterocycles. The Kier molecular flexibility index (Phi) is 6.52. The smallest absolute Gasteiger partial charge is 0.257 e. The number of nitrogens with zero attached hydrogens (tertiary/aromatic N) is 2. The minimum atomic E-state index is -3.41. The van der Waals surface area contributed by atoms with E-state index in [4.69, 9.17) is 9.47 Å². The first-order valence-electron chi connectivity index (χ1n) is 11.2. The maximum Gasteiger partial charge on any atom is 0.257 e. The topological polar surface area (TPSA) is 102 Å².